The summed E-state index contributed by atoms with van der Waals surface area (Å²) in [6.45, 7) is 3.47. The number of rotatable bonds is 6. The van der Waals surface area contributed by atoms with Crippen molar-refractivity contribution in [3.63, 3.8) is 0 Å². The summed E-state index contributed by atoms with van der Waals surface area (Å²) in [6, 6.07) is 4.97. The van der Waals surface area contributed by atoms with Gasteiger partial charge in [-0.2, -0.15) is 4.98 Å². The quantitative estimate of drug-likeness (QED) is 0.834. The van der Waals surface area contributed by atoms with E-state index in [1.54, 1.807) is 30.3 Å². The molecule has 3 rings (SSSR count). The van der Waals surface area contributed by atoms with Crippen molar-refractivity contribution < 1.29 is 14.1 Å². The average Bonchev–Trinajstić information content (AvgIpc) is 3.23. The van der Waals surface area contributed by atoms with Crippen molar-refractivity contribution in [1.29, 1.82) is 0 Å². The van der Waals surface area contributed by atoms with Gasteiger partial charge in [-0.1, -0.05) is 18.1 Å². The molecule has 2 aromatic rings. The highest BCUT2D eigenvalue weighted by atomic mass is 16.5. The van der Waals surface area contributed by atoms with Crippen LogP contribution in [-0.2, 0) is 11.3 Å². The molecule has 0 spiro atoms. The minimum absolute atomic E-state index is 0.0803. The van der Waals surface area contributed by atoms with E-state index in [9.17, 15) is 9.59 Å². The van der Waals surface area contributed by atoms with E-state index < -0.39 is 0 Å². The smallest absolute Gasteiger partial charge is 0.317 e. The van der Waals surface area contributed by atoms with Crippen LogP contribution in [0, 0.1) is 0 Å². The second kappa shape index (κ2) is 7.94. The van der Waals surface area contributed by atoms with Crippen LogP contribution in [0.1, 0.15) is 25.7 Å². The zero-order valence-corrected chi connectivity index (χ0v) is 14.9. The number of pyridine rings is 1. The van der Waals surface area contributed by atoms with E-state index in [-0.39, 0.29) is 24.5 Å². The molecule has 1 aliphatic heterocycles. The van der Waals surface area contributed by atoms with Gasteiger partial charge in [-0.25, -0.2) is 4.79 Å². The van der Waals surface area contributed by atoms with Crippen LogP contribution in [0.15, 0.2) is 28.9 Å². The Labute approximate surface area is 151 Å². The Kier molecular flexibility index (Phi) is 5.45. The number of nitrogens with one attached hydrogen (secondary N) is 1. The zero-order chi connectivity index (χ0) is 18.5. The van der Waals surface area contributed by atoms with Crippen LogP contribution in [0.2, 0.25) is 0 Å². The van der Waals surface area contributed by atoms with Crippen LogP contribution in [0.25, 0.3) is 11.5 Å². The van der Waals surface area contributed by atoms with Crippen LogP contribution in [0.3, 0.4) is 0 Å². The molecular weight excluding hydrogens is 336 g/mol. The molecule has 1 saturated heterocycles. The summed E-state index contributed by atoms with van der Waals surface area (Å²) in [5, 5.41) is 6.76. The molecule has 0 aromatic carbocycles. The number of urea groups is 1. The molecule has 1 fully saturated rings. The summed E-state index contributed by atoms with van der Waals surface area (Å²) in [5.41, 5.74) is 0.607. The van der Waals surface area contributed by atoms with E-state index in [1.165, 1.54) is 4.90 Å². The van der Waals surface area contributed by atoms with Gasteiger partial charge in [0, 0.05) is 32.8 Å². The van der Waals surface area contributed by atoms with Gasteiger partial charge in [0.2, 0.25) is 17.6 Å². The normalized spacial score (nSPS) is 16.8. The first kappa shape index (κ1) is 17.8. The van der Waals surface area contributed by atoms with Gasteiger partial charge in [0.25, 0.3) is 0 Å². The fourth-order valence-electron chi connectivity index (χ4n) is 2.83. The molecule has 2 aromatic heterocycles. The van der Waals surface area contributed by atoms with Gasteiger partial charge in [0.15, 0.2) is 0 Å². The molecule has 9 nitrogen and oxygen atoms in total. The highest BCUT2D eigenvalue weighted by Crippen LogP contribution is 2.14. The van der Waals surface area contributed by atoms with Crippen molar-refractivity contribution >= 4 is 11.9 Å². The van der Waals surface area contributed by atoms with Crippen LogP contribution >= 0.6 is 0 Å². The van der Waals surface area contributed by atoms with E-state index in [1.807, 2.05) is 13.0 Å². The number of carbonyl (C=O) groups excluding carboxylic acids is 2. The van der Waals surface area contributed by atoms with Crippen molar-refractivity contribution in [2.45, 2.75) is 32.4 Å². The van der Waals surface area contributed by atoms with E-state index >= 15 is 0 Å². The molecule has 3 heterocycles. The minimum Gasteiger partial charge on any atom is -0.341 e. The van der Waals surface area contributed by atoms with Crippen molar-refractivity contribution in [2.75, 3.05) is 20.1 Å². The van der Waals surface area contributed by atoms with Crippen molar-refractivity contribution in [3.05, 3.63) is 30.3 Å². The van der Waals surface area contributed by atoms with Gasteiger partial charge in [0.05, 0.1) is 6.04 Å². The SMILES string of the molecule is CCCN1CC(NC(=O)N(C)Cc2nc(-c3ccccn3)no2)CC1=O. The summed E-state index contributed by atoms with van der Waals surface area (Å²) < 4.78 is 5.19. The van der Waals surface area contributed by atoms with Crippen LogP contribution in [0.4, 0.5) is 4.79 Å². The highest BCUT2D eigenvalue weighted by Gasteiger charge is 2.30. The van der Waals surface area contributed by atoms with Gasteiger partial charge in [0.1, 0.15) is 12.2 Å². The maximum atomic E-state index is 12.3. The molecule has 1 atom stereocenters. The third kappa shape index (κ3) is 4.16. The lowest BCUT2D eigenvalue weighted by Crippen LogP contribution is -2.44. The van der Waals surface area contributed by atoms with E-state index in [4.69, 9.17) is 4.52 Å². The Morgan fingerprint density at radius 1 is 1.46 bits per heavy atom. The van der Waals surface area contributed by atoms with Gasteiger partial charge in [-0.05, 0) is 18.6 Å². The molecule has 0 aliphatic carbocycles. The van der Waals surface area contributed by atoms with E-state index in [0.29, 0.717) is 30.4 Å². The third-order valence-electron chi connectivity index (χ3n) is 4.12. The Hall–Kier alpha value is -2.97. The van der Waals surface area contributed by atoms with Crippen LogP contribution < -0.4 is 5.32 Å². The lowest BCUT2D eigenvalue weighted by Gasteiger charge is -2.20. The van der Waals surface area contributed by atoms with E-state index in [0.717, 1.165) is 13.0 Å². The Morgan fingerprint density at radius 2 is 2.31 bits per heavy atom. The number of hydrogen-bond acceptors (Lipinski definition) is 6. The molecule has 1 aliphatic rings. The van der Waals surface area contributed by atoms with Gasteiger partial charge < -0.3 is 19.6 Å². The summed E-state index contributed by atoms with van der Waals surface area (Å²) in [5.74, 6) is 0.779. The Bertz CT molecular complexity index is 763. The van der Waals surface area contributed by atoms with Gasteiger partial charge >= 0.3 is 6.03 Å². The molecule has 0 bridgehead atoms. The highest BCUT2D eigenvalue weighted by molar-refractivity contribution is 5.81. The predicted octanol–water partition coefficient (Wildman–Crippen LogP) is 1.28. The molecule has 1 unspecified atom stereocenters. The summed E-state index contributed by atoms with van der Waals surface area (Å²) in [7, 11) is 1.64. The molecular formula is C17H22N6O3. The molecule has 3 amide bonds. The zero-order valence-electron chi connectivity index (χ0n) is 14.9. The second-order valence-electron chi connectivity index (χ2n) is 6.27. The van der Waals surface area contributed by atoms with Crippen LogP contribution in [0.5, 0.6) is 0 Å². The summed E-state index contributed by atoms with van der Waals surface area (Å²) in [6.07, 6.45) is 2.89. The number of aromatic nitrogens is 3. The van der Waals surface area contributed by atoms with Gasteiger partial charge in [-0.3, -0.25) is 9.78 Å². The fraction of sp³-hybridized carbons (Fsp3) is 0.471. The van der Waals surface area contributed by atoms with Crippen molar-refractivity contribution in [3.8, 4) is 11.5 Å². The summed E-state index contributed by atoms with van der Waals surface area (Å²) in [4.78, 5) is 35.9. The molecule has 1 N–H and O–H groups in total. The minimum atomic E-state index is -0.279. The largest absolute Gasteiger partial charge is 0.341 e. The Balaban J connectivity index is 1.53. The standard InChI is InChI=1S/C17H22N6O3/c1-3-8-23-10-12(9-15(23)24)19-17(25)22(2)11-14-20-16(21-26-14)13-6-4-5-7-18-13/h4-7,12H,3,8-11H2,1-2H3,(H,19,25). The number of likely N-dealkylation sites (tertiary alicyclic amines) is 1. The average molecular weight is 358 g/mol. The monoisotopic (exact) mass is 358 g/mol. The topological polar surface area (TPSA) is 104 Å². The number of nitrogens with zero attached hydrogens (tertiary/aromatic N) is 5. The number of carbonyl (C=O) groups is 2. The van der Waals surface area contributed by atoms with Crippen LogP contribution in [-0.4, -0.2) is 63.0 Å². The fourth-order valence-corrected chi connectivity index (χ4v) is 2.83. The first-order valence-electron chi connectivity index (χ1n) is 8.60. The van der Waals surface area contributed by atoms with Crippen molar-refractivity contribution in [1.82, 2.24) is 30.2 Å². The summed E-state index contributed by atoms with van der Waals surface area (Å²) >= 11 is 0. The second-order valence-corrected chi connectivity index (χ2v) is 6.27. The molecule has 26 heavy (non-hydrogen) atoms. The van der Waals surface area contributed by atoms with Gasteiger partial charge in [-0.15, -0.1) is 0 Å². The predicted molar refractivity (Wildman–Crippen MR) is 92.8 cm³/mol. The number of amides is 3. The lowest BCUT2D eigenvalue weighted by molar-refractivity contribution is -0.127. The maximum Gasteiger partial charge on any atom is 0.317 e. The molecule has 0 saturated carbocycles. The third-order valence-corrected chi connectivity index (χ3v) is 4.12. The van der Waals surface area contributed by atoms with E-state index in [2.05, 4.69) is 20.4 Å². The maximum absolute atomic E-state index is 12.3. The Morgan fingerprint density at radius 3 is 3.04 bits per heavy atom. The van der Waals surface area contributed by atoms with Crippen molar-refractivity contribution in [2.24, 2.45) is 0 Å². The first-order valence-corrected chi connectivity index (χ1v) is 8.60. The molecule has 138 valence electrons. The number of hydrogen-bond donors (Lipinski definition) is 1. The molecule has 0 radical (unpaired) electrons. The first-order chi connectivity index (χ1) is 12.6. The lowest BCUT2D eigenvalue weighted by atomic mass is 10.2. The molecule has 9 heteroatoms.